The molecule has 2 rings (SSSR count). The molecule has 16 heavy (non-hydrogen) atoms. The summed E-state index contributed by atoms with van der Waals surface area (Å²) in [7, 11) is 0. The predicted molar refractivity (Wildman–Crippen MR) is 64.6 cm³/mol. The molecule has 4 heteroatoms. The second-order valence-electron chi connectivity index (χ2n) is 4.33. The minimum absolute atomic E-state index is 0.275. The summed E-state index contributed by atoms with van der Waals surface area (Å²) in [6.45, 7) is 1.76. The Morgan fingerprint density at radius 2 is 2.25 bits per heavy atom. The number of nitrogens with two attached hydrogens (primary N) is 1. The number of carbonyl (C=O) groups excluding carboxylic acids is 1. The highest BCUT2D eigenvalue weighted by Crippen LogP contribution is 2.31. The molecule has 0 radical (unpaired) electrons. The zero-order valence-electron chi connectivity index (χ0n) is 9.28. The molecule has 0 aromatic carbocycles. The van der Waals surface area contributed by atoms with Crippen molar-refractivity contribution < 1.29 is 9.53 Å². The Balaban J connectivity index is 2.06. The van der Waals surface area contributed by atoms with Crippen LogP contribution in [0.15, 0.2) is 16.8 Å². The number of rotatable bonds is 4. The van der Waals surface area contributed by atoms with Gasteiger partial charge in [-0.15, -0.1) is 0 Å². The molecule has 1 saturated heterocycles. The van der Waals surface area contributed by atoms with Gasteiger partial charge in [0.1, 0.15) is 5.78 Å². The maximum Gasteiger partial charge on any atom is 0.144 e. The van der Waals surface area contributed by atoms with Crippen molar-refractivity contribution in [2.45, 2.75) is 19.3 Å². The summed E-state index contributed by atoms with van der Waals surface area (Å²) in [5.74, 6) is 0.275. The molecule has 0 amide bonds. The maximum absolute atomic E-state index is 12.3. The normalized spacial score (nSPS) is 19.6. The summed E-state index contributed by atoms with van der Waals surface area (Å²) in [6, 6.07) is 2.01. The van der Waals surface area contributed by atoms with E-state index < -0.39 is 0 Å². The Hall–Kier alpha value is -0.710. The number of carbonyl (C=O) groups is 1. The van der Waals surface area contributed by atoms with E-state index in [0.717, 1.165) is 18.4 Å². The first kappa shape index (κ1) is 11.8. The van der Waals surface area contributed by atoms with Crippen LogP contribution in [0.3, 0.4) is 0 Å². The van der Waals surface area contributed by atoms with Crippen molar-refractivity contribution in [2.75, 3.05) is 19.8 Å². The molecule has 0 atom stereocenters. The Bertz CT molecular complexity index is 342. The van der Waals surface area contributed by atoms with Crippen LogP contribution in [0, 0.1) is 5.41 Å². The molecule has 2 N–H and O–H groups in total. The molecule has 1 aliphatic rings. The highest BCUT2D eigenvalue weighted by molar-refractivity contribution is 7.07. The Morgan fingerprint density at radius 1 is 1.50 bits per heavy atom. The van der Waals surface area contributed by atoms with Gasteiger partial charge in [-0.1, -0.05) is 0 Å². The van der Waals surface area contributed by atoms with Crippen molar-refractivity contribution in [1.29, 1.82) is 0 Å². The third-order valence-electron chi connectivity index (χ3n) is 3.38. The summed E-state index contributed by atoms with van der Waals surface area (Å²) in [5.41, 5.74) is 6.57. The average Bonchev–Trinajstić information content (AvgIpc) is 2.82. The SMILES string of the molecule is NCC1(C(=O)Cc2ccsc2)CCOCC1. The summed E-state index contributed by atoms with van der Waals surface area (Å²) < 4.78 is 5.31. The van der Waals surface area contributed by atoms with Crippen molar-refractivity contribution in [3.63, 3.8) is 0 Å². The maximum atomic E-state index is 12.3. The summed E-state index contributed by atoms with van der Waals surface area (Å²) in [6.07, 6.45) is 2.06. The van der Waals surface area contributed by atoms with Gasteiger partial charge in [-0.3, -0.25) is 4.79 Å². The van der Waals surface area contributed by atoms with Gasteiger partial charge in [0.2, 0.25) is 0 Å². The fourth-order valence-electron chi connectivity index (χ4n) is 2.13. The summed E-state index contributed by atoms with van der Waals surface area (Å²) in [5, 5.41) is 4.03. The lowest BCUT2D eigenvalue weighted by Crippen LogP contribution is -2.44. The van der Waals surface area contributed by atoms with E-state index in [1.54, 1.807) is 11.3 Å². The van der Waals surface area contributed by atoms with Crippen LogP contribution in [0.5, 0.6) is 0 Å². The lowest BCUT2D eigenvalue weighted by Gasteiger charge is -2.34. The van der Waals surface area contributed by atoms with Gasteiger partial charge in [0.05, 0.1) is 0 Å². The van der Waals surface area contributed by atoms with E-state index in [4.69, 9.17) is 10.5 Å². The predicted octanol–water partition coefficient (Wildman–Crippen LogP) is 1.62. The lowest BCUT2D eigenvalue weighted by atomic mass is 9.75. The van der Waals surface area contributed by atoms with Crippen LogP contribution in [0.2, 0.25) is 0 Å². The highest BCUT2D eigenvalue weighted by Gasteiger charge is 2.38. The van der Waals surface area contributed by atoms with Gasteiger partial charge < -0.3 is 10.5 Å². The van der Waals surface area contributed by atoms with Crippen LogP contribution in [-0.4, -0.2) is 25.5 Å². The standard InChI is InChI=1S/C12H17NO2S/c13-9-12(2-4-15-5-3-12)11(14)7-10-1-6-16-8-10/h1,6,8H,2-5,7,9,13H2. The van der Waals surface area contributed by atoms with Gasteiger partial charge in [-0.05, 0) is 35.2 Å². The molecule has 88 valence electrons. The molecule has 3 nitrogen and oxygen atoms in total. The van der Waals surface area contributed by atoms with Gasteiger partial charge >= 0.3 is 0 Å². The Kier molecular flexibility index (Phi) is 3.74. The zero-order valence-corrected chi connectivity index (χ0v) is 10.1. The highest BCUT2D eigenvalue weighted by atomic mass is 32.1. The van der Waals surface area contributed by atoms with Crippen molar-refractivity contribution in [3.8, 4) is 0 Å². The van der Waals surface area contributed by atoms with Gasteiger partial charge in [0.25, 0.3) is 0 Å². The number of ketones is 1. The molecule has 1 aromatic rings. The third-order valence-corrected chi connectivity index (χ3v) is 4.11. The number of hydrogen-bond acceptors (Lipinski definition) is 4. The quantitative estimate of drug-likeness (QED) is 0.868. The van der Waals surface area contributed by atoms with Crippen LogP contribution in [0.1, 0.15) is 18.4 Å². The van der Waals surface area contributed by atoms with Crippen LogP contribution in [-0.2, 0) is 16.0 Å². The van der Waals surface area contributed by atoms with Crippen molar-refractivity contribution >= 4 is 17.1 Å². The third kappa shape index (κ3) is 2.34. The fraction of sp³-hybridized carbons (Fsp3) is 0.583. The van der Waals surface area contributed by atoms with E-state index in [1.807, 2.05) is 16.8 Å². The van der Waals surface area contributed by atoms with E-state index in [2.05, 4.69) is 0 Å². The molecule has 2 heterocycles. The topological polar surface area (TPSA) is 52.3 Å². The van der Waals surface area contributed by atoms with E-state index in [9.17, 15) is 4.79 Å². The molecule has 0 saturated carbocycles. The average molecular weight is 239 g/mol. The molecular formula is C12H17NO2S. The van der Waals surface area contributed by atoms with Crippen LogP contribution >= 0.6 is 11.3 Å². The van der Waals surface area contributed by atoms with Gasteiger partial charge in [-0.25, -0.2) is 0 Å². The Labute approximate surface area is 99.6 Å². The molecule has 1 fully saturated rings. The fourth-order valence-corrected chi connectivity index (χ4v) is 2.79. The molecule has 0 unspecified atom stereocenters. The second-order valence-corrected chi connectivity index (χ2v) is 5.11. The van der Waals surface area contributed by atoms with E-state index >= 15 is 0 Å². The van der Waals surface area contributed by atoms with Crippen molar-refractivity contribution in [3.05, 3.63) is 22.4 Å². The lowest BCUT2D eigenvalue weighted by molar-refractivity contribution is -0.132. The molecule has 0 bridgehead atoms. The van der Waals surface area contributed by atoms with Crippen LogP contribution in [0.25, 0.3) is 0 Å². The minimum atomic E-state index is -0.333. The second kappa shape index (κ2) is 5.08. The van der Waals surface area contributed by atoms with Gasteiger partial charge in [0.15, 0.2) is 0 Å². The summed E-state index contributed by atoms with van der Waals surface area (Å²) in [4.78, 5) is 12.3. The first-order chi connectivity index (χ1) is 7.77. The number of ether oxygens (including phenoxy) is 1. The van der Waals surface area contributed by atoms with Crippen molar-refractivity contribution in [2.24, 2.45) is 11.1 Å². The number of thiophene rings is 1. The molecule has 0 aliphatic carbocycles. The molecular weight excluding hydrogens is 222 g/mol. The smallest absolute Gasteiger partial charge is 0.144 e. The number of Topliss-reactive ketones (excluding diaryl/α,β-unsaturated/α-hetero) is 1. The van der Waals surface area contributed by atoms with Gasteiger partial charge in [0, 0.05) is 31.6 Å². The van der Waals surface area contributed by atoms with E-state index in [1.165, 1.54) is 0 Å². The van der Waals surface area contributed by atoms with Gasteiger partial charge in [-0.2, -0.15) is 11.3 Å². The van der Waals surface area contributed by atoms with Crippen LogP contribution < -0.4 is 5.73 Å². The molecule has 0 spiro atoms. The zero-order chi connectivity index (χ0) is 11.4. The molecule has 1 aliphatic heterocycles. The monoisotopic (exact) mass is 239 g/mol. The molecule has 1 aromatic heterocycles. The summed E-state index contributed by atoms with van der Waals surface area (Å²) >= 11 is 1.63. The Morgan fingerprint density at radius 3 is 2.81 bits per heavy atom. The minimum Gasteiger partial charge on any atom is -0.381 e. The first-order valence-electron chi connectivity index (χ1n) is 5.59. The largest absolute Gasteiger partial charge is 0.381 e. The number of hydrogen-bond donors (Lipinski definition) is 1. The first-order valence-corrected chi connectivity index (χ1v) is 6.53. The van der Waals surface area contributed by atoms with E-state index in [0.29, 0.717) is 26.2 Å². The van der Waals surface area contributed by atoms with E-state index in [-0.39, 0.29) is 11.2 Å². The van der Waals surface area contributed by atoms with Crippen molar-refractivity contribution in [1.82, 2.24) is 0 Å². The van der Waals surface area contributed by atoms with Crippen LogP contribution in [0.4, 0.5) is 0 Å².